The highest BCUT2D eigenvalue weighted by atomic mass is 35.5. The van der Waals surface area contributed by atoms with E-state index in [0.29, 0.717) is 16.6 Å². The van der Waals surface area contributed by atoms with Crippen LogP contribution in [0.5, 0.6) is 0 Å². The van der Waals surface area contributed by atoms with Gasteiger partial charge in [0.25, 0.3) is 11.5 Å². The topological polar surface area (TPSA) is 92.1 Å². The van der Waals surface area contributed by atoms with Crippen molar-refractivity contribution in [2.45, 2.75) is 32.6 Å². The highest BCUT2D eigenvalue weighted by Crippen LogP contribution is 2.61. The third kappa shape index (κ3) is 5.13. The largest absolute Gasteiger partial charge is 0.355 e. The second kappa shape index (κ2) is 11.2. The number of aromatic amines is 1. The van der Waals surface area contributed by atoms with E-state index >= 15 is 4.39 Å². The van der Waals surface area contributed by atoms with Crippen LogP contribution in [-0.4, -0.2) is 33.4 Å². The number of hydrogen-bond acceptors (Lipinski definition) is 4. The Morgan fingerprint density at radius 2 is 1.93 bits per heavy atom. The Hall–Kier alpha value is -4.37. The number of hydrogen-bond donors (Lipinski definition) is 2. The molecule has 2 unspecified atom stereocenters. The number of aryl methyl sites for hydroxylation is 1. The molecule has 1 aliphatic rings. The molecule has 1 saturated carbocycles. The van der Waals surface area contributed by atoms with Gasteiger partial charge in [-0.25, -0.2) is 8.78 Å². The number of H-pyrrole nitrogens is 1. The van der Waals surface area contributed by atoms with E-state index < -0.39 is 17.3 Å². The zero-order valence-corrected chi connectivity index (χ0v) is 23.6. The second-order valence-electron chi connectivity index (χ2n) is 10.0. The van der Waals surface area contributed by atoms with E-state index in [-0.39, 0.29) is 45.4 Å². The number of pyridine rings is 1. The molecule has 3 atom stereocenters. The molecule has 2 N–H and O–H groups in total. The molecule has 0 aliphatic heterocycles. The Kier molecular flexibility index (Phi) is 7.73. The monoisotopic (exact) mass is 575 g/mol. The summed E-state index contributed by atoms with van der Waals surface area (Å²) in [4.78, 5) is 30.3. The Balaban J connectivity index is 1.54. The maximum Gasteiger partial charge on any atom is 0.273 e. The predicted octanol–water partition coefficient (Wildman–Crippen LogP) is 6.33. The van der Waals surface area contributed by atoms with E-state index in [2.05, 4.69) is 27.4 Å². The number of carbonyl (C=O) groups is 1. The van der Waals surface area contributed by atoms with E-state index in [1.807, 2.05) is 6.07 Å². The van der Waals surface area contributed by atoms with Crippen LogP contribution in [0.15, 0.2) is 70.7 Å². The maximum atomic E-state index is 15.8. The van der Waals surface area contributed by atoms with Crippen molar-refractivity contribution in [3.8, 4) is 0 Å². The van der Waals surface area contributed by atoms with Crippen LogP contribution in [-0.2, 0) is 0 Å². The number of carbonyl (C=O) groups excluding carboxylic acids is 1. The fraction of sp³-hybridized carbons (Fsp3) is 0.226. The Morgan fingerprint density at radius 3 is 2.61 bits per heavy atom. The van der Waals surface area contributed by atoms with Gasteiger partial charge in [0.2, 0.25) is 0 Å². The van der Waals surface area contributed by atoms with Crippen molar-refractivity contribution in [2.24, 2.45) is 10.9 Å². The molecule has 4 aromatic rings. The average molecular weight is 576 g/mol. The van der Waals surface area contributed by atoms with Crippen molar-refractivity contribution in [1.29, 1.82) is 0 Å². The van der Waals surface area contributed by atoms with Crippen molar-refractivity contribution < 1.29 is 13.6 Å². The van der Waals surface area contributed by atoms with Gasteiger partial charge in [-0.2, -0.15) is 5.10 Å². The summed E-state index contributed by atoms with van der Waals surface area (Å²) in [6, 6.07) is 9.80. The van der Waals surface area contributed by atoms with E-state index in [4.69, 9.17) is 11.6 Å². The second-order valence-corrected chi connectivity index (χ2v) is 10.4. The summed E-state index contributed by atoms with van der Waals surface area (Å²) in [6.45, 7) is 5.63. The minimum absolute atomic E-state index is 0.0307. The molecule has 210 valence electrons. The molecular weight excluding hydrogens is 548 g/mol. The molecule has 5 rings (SSSR count). The van der Waals surface area contributed by atoms with Crippen LogP contribution in [0.25, 0.3) is 17.1 Å². The Morgan fingerprint density at radius 1 is 1.20 bits per heavy atom. The molecule has 1 aliphatic carbocycles. The van der Waals surface area contributed by atoms with Gasteiger partial charge in [0.1, 0.15) is 16.7 Å². The highest BCUT2D eigenvalue weighted by molar-refractivity contribution is 6.31. The number of amides is 1. The first-order chi connectivity index (χ1) is 19.7. The lowest BCUT2D eigenvalue weighted by atomic mass is 10.0. The van der Waals surface area contributed by atoms with Crippen molar-refractivity contribution in [3.05, 3.63) is 116 Å². The van der Waals surface area contributed by atoms with Crippen LogP contribution >= 0.6 is 11.6 Å². The van der Waals surface area contributed by atoms with Gasteiger partial charge in [0.15, 0.2) is 0 Å². The summed E-state index contributed by atoms with van der Waals surface area (Å²) in [5, 5.41) is 9.62. The first kappa shape index (κ1) is 28.2. The smallest absolute Gasteiger partial charge is 0.273 e. The van der Waals surface area contributed by atoms with E-state index in [1.54, 1.807) is 32.1 Å². The average Bonchev–Trinajstić information content (AvgIpc) is 3.39. The third-order valence-electron chi connectivity index (χ3n) is 7.55. The van der Waals surface area contributed by atoms with Crippen molar-refractivity contribution >= 4 is 40.3 Å². The van der Waals surface area contributed by atoms with Gasteiger partial charge in [-0.05, 0) is 73.1 Å². The van der Waals surface area contributed by atoms with Gasteiger partial charge >= 0.3 is 0 Å². The van der Waals surface area contributed by atoms with Gasteiger partial charge in [0.05, 0.1) is 23.0 Å². The molecular formula is C31H28ClF2N5O2. The van der Waals surface area contributed by atoms with Gasteiger partial charge in [0, 0.05) is 36.1 Å². The van der Waals surface area contributed by atoms with E-state index in [1.165, 1.54) is 54.5 Å². The third-order valence-corrected chi connectivity index (χ3v) is 7.93. The number of halogens is 3. The Labute approximate surface area is 240 Å². The van der Waals surface area contributed by atoms with Gasteiger partial charge in [-0.15, -0.1) is 0 Å². The summed E-state index contributed by atoms with van der Waals surface area (Å²) >= 11 is 6.63. The molecule has 41 heavy (non-hydrogen) atoms. The van der Waals surface area contributed by atoms with Crippen LogP contribution in [0, 0.1) is 24.5 Å². The summed E-state index contributed by atoms with van der Waals surface area (Å²) in [6.07, 6.45) is 7.54. The number of fused-ring (bicyclic) bond motifs is 1. The fourth-order valence-electron chi connectivity index (χ4n) is 5.41. The SMILES string of the molecule is C/C=C/N=C(/C=C/n1c(C)cc(C2C(c3ccc(F)cc3)[C@H]2C)c(Cl)c1=O)c1cc2[nH]ncc2c(C(=O)NC)c1F. The number of aliphatic imine (C=N–C) groups is 1. The quantitative estimate of drug-likeness (QED) is 0.252. The molecule has 0 radical (unpaired) electrons. The minimum atomic E-state index is -0.766. The zero-order chi connectivity index (χ0) is 29.4. The molecule has 2 aromatic carbocycles. The van der Waals surface area contributed by atoms with Gasteiger partial charge in [-0.1, -0.05) is 36.7 Å². The normalized spacial score (nSPS) is 19.0. The highest BCUT2D eigenvalue weighted by Gasteiger charge is 2.49. The summed E-state index contributed by atoms with van der Waals surface area (Å²) in [7, 11) is 1.42. The van der Waals surface area contributed by atoms with E-state index in [0.717, 1.165) is 11.1 Å². The fourth-order valence-corrected chi connectivity index (χ4v) is 5.68. The summed E-state index contributed by atoms with van der Waals surface area (Å²) in [5.74, 6) is -1.27. The van der Waals surface area contributed by atoms with E-state index in [9.17, 15) is 14.0 Å². The Bertz CT molecular complexity index is 1800. The van der Waals surface area contributed by atoms with Crippen molar-refractivity contribution in [2.75, 3.05) is 7.05 Å². The molecule has 0 saturated heterocycles. The molecule has 2 aromatic heterocycles. The summed E-state index contributed by atoms with van der Waals surface area (Å²) < 4.78 is 30.6. The van der Waals surface area contributed by atoms with Crippen molar-refractivity contribution in [3.63, 3.8) is 0 Å². The van der Waals surface area contributed by atoms with Crippen LogP contribution in [0.2, 0.25) is 5.02 Å². The zero-order valence-electron chi connectivity index (χ0n) is 22.9. The van der Waals surface area contributed by atoms with Crippen molar-refractivity contribution in [1.82, 2.24) is 20.1 Å². The lowest BCUT2D eigenvalue weighted by Crippen LogP contribution is -2.21. The van der Waals surface area contributed by atoms with Crippen LogP contribution in [0.4, 0.5) is 8.78 Å². The number of nitrogens with zero attached hydrogens (tertiary/aromatic N) is 3. The number of nitrogens with one attached hydrogen (secondary N) is 2. The standard InChI is InChI=1S/C31H28ClF2N5O2/c1-5-11-36-23(20-14-24-22(15-37-38-24)27(29(20)34)30(40)35-4)10-12-39-16(2)13-21(28(32)31(39)41)26-17(3)25(26)18-6-8-19(33)9-7-18/h5-15,17,25-26H,1-4H3,(H,35,40)(H,37,38)/b11-5+,12-10+,36-23-/t17-,25?,26?/m1/s1. The molecule has 0 spiro atoms. The molecule has 7 nitrogen and oxygen atoms in total. The lowest BCUT2D eigenvalue weighted by molar-refractivity contribution is 0.0961. The molecule has 1 fully saturated rings. The predicted molar refractivity (Wildman–Crippen MR) is 158 cm³/mol. The molecule has 10 heteroatoms. The van der Waals surface area contributed by atoms with Crippen LogP contribution in [0.3, 0.4) is 0 Å². The number of aromatic nitrogens is 3. The lowest BCUT2D eigenvalue weighted by Gasteiger charge is -2.12. The minimum Gasteiger partial charge on any atom is -0.355 e. The number of allylic oxidation sites excluding steroid dienone is 2. The summed E-state index contributed by atoms with van der Waals surface area (Å²) in [5.41, 5.74) is 2.48. The maximum absolute atomic E-state index is 15.8. The first-order valence-corrected chi connectivity index (χ1v) is 13.5. The van der Waals surface area contributed by atoms with Crippen LogP contribution < -0.4 is 10.9 Å². The molecule has 0 bridgehead atoms. The van der Waals surface area contributed by atoms with Crippen LogP contribution in [0.1, 0.15) is 58.4 Å². The van der Waals surface area contributed by atoms with Gasteiger partial charge < -0.3 is 5.32 Å². The first-order valence-electron chi connectivity index (χ1n) is 13.1. The number of rotatable bonds is 7. The van der Waals surface area contributed by atoms with Gasteiger partial charge in [-0.3, -0.25) is 24.2 Å². The number of benzene rings is 2. The molecule has 2 heterocycles. The molecule has 1 amide bonds.